The number of benzene rings is 1. The van der Waals surface area contributed by atoms with Crippen LogP contribution < -0.4 is 9.62 Å². The van der Waals surface area contributed by atoms with E-state index in [0.29, 0.717) is 41.7 Å². The number of carbonyl (C=O) groups is 1. The standard InChI is InChI=1S/C24H29FN4O4S2/c1-3-16-15-19-20(23(30)26-2)21(17-5-7-18(25)8-6-17)33-24(19)27-22(16)29(35(31)32)10-4-9-28-11-13-34-14-12-28/h5-8,15H,3-4,9-14H2,1-2H3,(H,26,30)(H,31,32)/p-1. The lowest BCUT2D eigenvalue weighted by Crippen LogP contribution is -2.36. The molecule has 4 rings (SSSR count). The van der Waals surface area contributed by atoms with Gasteiger partial charge >= 0.3 is 0 Å². The highest BCUT2D eigenvalue weighted by Gasteiger charge is 2.25. The Morgan fingerprint density at radius 2 is 2.03 bits per heavy atom. The van der Waals surface area contributed by atoms with E-state index >= 15 is 0 Å². The number of nitrogens with one attached hydrogen (secondary N) is 1. The summed E-state index contributed by atoms with van der Waals surface area (Å²) in [6.07, 6.45) is 1.18. The van der Waals surface area contributed by atoms with Gasteiger partial charge in [-0.25, -0.2) is 4.39 Å². The molecule has 1 atom stereocenters. The monoisotopic (exact) mass is 519 g/mol. The number of carbonyl (C=O) groups excluding carboxylic acids is 1. The molecule has 0 bridgehead atoms. The van der Waals surface area contributed by atoms with Crippen LogP contribution in [0.3, 0.4) is 0 Å². The molecule has 0 saturated carbocycles. The van der Waals surface area contributed by atoms with Gasteiger partial charge in [0, 0.05) is 55.0 Å². The van der Waals surface area contributed by atoms with E-state index in [9.17, 15) is 17.9 Å². The molecule has 35 heavy (non-hydrogen) atoms. The number of hydrogen-bond donors (Lipinski definition) is 1. The highest BCUT2D eigenvalue weighted by atomic mass is 32.2. The van der Waals surface area contributed by atoms with Gasteiger partial charge in [-0.1, -0.05) is 6.92 Å². The summed E-state index contributed by atoms with van der Waals surface area (Å²) in [6, 6.07) is 7.39. The molecule has 3 aromatic rings. The Morgan fingerprint density at radius 1 is 1.31 bits per heavy atom. The third-order valence-corrected chi connectivity index (χ3v) is 7.69. The molecular weight excluding hydrogens is 491 g/mol. The van der Waals surface area contributed by atoms with Crippen LogP contribution in [-0.2, 0) is 17.7 Å². The van der Waals surface area contributed by atoms with Crippen LogP contribution in [0.1, 0.15) is 29.3 Å². The van der Waals surface area contributed by atoms with E-state index in [1.54, 1.807) is 6.07 Å². The fourth-order valence-electron chi connectivity index (χ4n) is 4.20. The number of fused-ring (bicyclic) bond motifs is 1. The maximum absolute atomic E-state index is 13.5. The number of nitrogens with zero attached hydrogens (tertiary/aromatic N) is 3. The first-order valence-corrected chi connectivity index (χ1v) is 13.7. The number of anilines is 1. The van der Waals surface area contributed by atoms with E-state index in [0.717, 1.165) is 31.1 Å². The number of aryl methyl sites for hydroxylation is 1. The van der Waals surface area contributed by atoms with Crippen molar-refractivity contribution in [3.63, 3.8) is 0 Å². The molecule has 1 aliphatic rings. The van der Waals surface area contributed by atoms with Gasteiger partial charge in [0.05, 0.1) is 10.9 Å². The molecule has 1 unspecified atom stereocenters. The van der Waals surface area contributed by atoms with Gasteiger partial charge in [-0.15, -0.1) is 0 Å². The Hall–Kier alpha value is -2.47. The van der Waals surface area contributed by atoms with E-state index < -0.39 is 17.1 Å². The number of halogens is 1. The van der Waals surface area contributed by atoms with E-state index in [2.05, 4.69) is 15.2 Å². The summed E-state index contributed by atoms with van der Waals surface area (Å²) < 4.78 is 45.1. The minimum Gasteiger partial charge on any atom is -0.755 e. The number of furan rings is 1. The van der Waals surface area contributed by atoms with Crippen molar-refractivity contribution in [1.29, 1.82) is 0 Å². The second kappa shape index (κ2) is 11.5. The normalized spacial score (nSPS) is 15.3. The lowest BCUT2D eigenvalue weighted by molar-refractivity contribution is 0.0964. The van der Waals surface area contributed by atoms with Crippen LogP contribution in [0, 0.1) is 5.82 Å². The first-order chi connectivity index (χ1) is 16.9. The fourth-order valence-corrected chi connectivity index (χ4v) is 5.76. The topological polar surface area (TPSA) is 102 Å². The molecule has 0 spiro atoms. The third-order valence-electron chi connectivity index (χ3n) is 6.04. The summed E-state index contributed by atoms with van der Waals surface area (Å²) in [4.78, 5) is 19.7. The van der Waals surface area contributed by atoms with Gasteiger partial charge in [0.2, 0.25) is 5.71 Å². The number of pyridine rings is 1. The Bertz CT molecular complexity index is 1210. The Morgan fingerprint density at radius 3 is 2.66 bits per heavy atom. The summed E-state index contributed by atoms with van der Waals surface area (Å²) in [5.41, 5.74) is 1.64. The molecule has 1 saturated heterocycles. The van der Waals surface area contributed by atoms with Crippen LogP contribution in [0.25, 0.3) is 22.4 Å². The summed E-state index contributed by atoms with van der Waals surface area (Å²) in [6.45, 7) is 5.03. The number of hydrogen-bond acceptors (Lipinski definition) is 7. The summed E-state index contributed by atoms with van der Waals surface area (Å²) in [7, 11) is 1.52. The summed E-state index contributed by atoms with van der Waals surface area (Å²) >= 11 is -0.594. The Kier molecular flexibility index (Phi) is 8.42. The van der Waals surface area contributed by atoms with Crippen LogP contribution >= 0.6 is 11.8 Å². The maximum atomic E-state index is 13.5. The van der Waals surface area contributed by atoms with Gasteiger partial charge in [0.25, 0.3) is 5.91 Å². The molecule has 11 heteroatoms. The largest absolute Gasteiger partial charge is 0.755 e. The molecule has 1 amide bonds. The smallest absolute Gasteiger partial charge is 0.255 e. The second-order valence-electron chi connectivity index (χ2n) is 8.20. The second-order valence-corrected chi connectivity index (χ2v) is 10.3. The van der Waals surface area contributed by atoms with Crippen molar-refractivity contribution in [2.75, 3.05) is 49.0 Å². The molecular formula is C24H28FN4O4S2-. The van der Waals surface area contributed by atoms with Crippen molar-refractivity contribution < 1.29 is 22.4 Å². The molecule has 8 nitrogen and oxygen atoms in total. The van der Waals surface area contributed by atoms with Crippen LogP contribution in [-0.4, -0.2) is 69.3 Å². The maximum Gasteiger partial charge on any atom is 0.255 e. The minimum atomic E-state index is -2.53. The zero-order chi connectivity index (χ0) is 24.9. The average molecular weight is 520 g/mol. The SMILES string of the molecule is CCc1cc2c(C(=O)NC)c(-c3ccc(F)cc3)oc2nc1N(CCCN1CCSCC1)S(=O)[O-]. The molecule has 1 aromatic carbocycles. The number of aromatic nitrogens is 1. The summed E-state index contributed by atoms with van der Waals surface area (Å²) in [5.74, 6) is 1.96. The van der Waals surface area contributed by atoms with Crippen molar-refractivity contribution in [3.8, 4) is 11.3 Å². The molecule has 3 heterocycles. The molecule has 1 aliphatic heterocycles. The van der Waals surface area contributed by atoms with Crippen molar-refractivity contribution in [1.82, 2.24) is 15.2 Å². The quantitative estimate of drug-likeness (QED) is 0.431. The lowest BCUT2D eigenvalue weighted by Gasteiger charge is -2.30. The molecule has 188 valence electrons. The van der Waals surface area contributed by atoms with Crippen molar-refractivity contribution in [2.24, 2.45) is 0 Å². The van der Waals surface area contributed by atoms with Gasteiger partial charge in [0.15, 0.2) is 0 Å². The van der Waals surface area contributed by atoms with E-state index in [1.807, 2.05) is 18.7 Å². The molecule has 1 N–H and O–H groups in total. The zero-order valence-electron chi connectivity index (χ0n) is 19.7. The van der Waals surface area contributed by atoms with Crippen LogP contribution in [0.4, 0.5) is 10.2 Å². The van der Waals surface area contributed by atoms with E-state index in [1.165, 1.54) is 35.6 Å². The number of thioether (sulfide) groups is 1. The minimum absolute atomic E-state index is 0.152. The molecule has 0 radical (unpaired) electrons. The first kappa shape index (κ1) is 25.6. The Balaban J connectivity index is 1.72. The fraction of sp³-hybridized carbons (Fsp3) is 0.417. The van der Waals surface area contributed by atoms with Crippen LogP contribution in [0.15, 0.2) is 34.7 Å². The molecule has 0 aliphatic carbocycles. The van der Waals surface area contributed by atoms with Crippen molar-refractivity contribution in [2.45, 2.75) is 19.8 Å². The lowest BCUT2D eigenvalue weighted by atomic mass is 10.0. The zero-order valence-corrected chi connectivity index (χ0v) is 21.3. The predicted molar refractivity (Wildman–Crippen MR) is 137 cm³/mol. The molecule has 1 fully saturated rings. The van der Waals surface area contributed by atoms with Gasteiger partial charge in [0.1, 0.15) is 17.4 Å². The van der Waals surface area contributed by atoms with Crippen molar-refractivity contribution >= 4 is 45.9 Å². The van der Waals surface area contributed by atoms with Gasteiger partial charge in [-0.05, 0) is 55.3 Å². The van der Waals surface area contributed by atoms with Gasteiger partial charge < -0.3 is 19.2 Å². The Labute approximate surface area is 210 Å². The highest BCUT2D eigenvalue weighted by molar-refractivity contribution is 7.99. The van der Waals surface area contributed by atoms with E-state index in [4.69, 9.17) is 4.42 Å². The first-order valence-electron chi connectivity index (χ1n) is 11.5. The third kappa shape index (κ3) is 5.69. The number of rotatable bonds is 9. The number of amides is 1. The average Bonchev–Trinajstić information content (AvgIpc) is 3.24. The van der Waals surface area contributed by atoms with Crippen LogP contribution in [0.5, 0.6) is 0 Å². The van der Waals surface area contributed by atoms with E-state index in [-0.39, 0.29) is 22.9 Å². The van der Waals surface area contributed by atoms with Crippen molar-refractivity contribution in [3.05, 3.63) is 47.3 Å². The van der Waals surface area contributed by atoms with Gasteiger partial charge in [-0.3, -0.25) is 13.3 Å². The highest BCUT2D eigenvalue weighted by Crippen LogP contribution is 2.36. The summed E-state index contributed by atoms with van der Waals surface area (Å²) in [5, 5.41) is 3.10. The van der Waals surface area contributed by atoms with Gasteiger partial charge in [-0.2, -0.15) is 16.7 Å². The molecule has 2 aromatic heterocycles. The predicted octanol–water partition coefficient (Wildman–Crippen LogP) is 3.60. The van der Waals surface area contributed by atoms with Crippen LogP contribution in [0.2, 0.25) is 0 Å².